The summed E-state index contributed by atoms with van der Waals surface area (Å²) < 4.78 is 48.8. The van der Waals surface area contributed by atoms with Crippen LogP contribution in [0.5, 0.6) is 23.0 Å². The van der Waals surface area contributed by atoms with Gasteiger partial charge >= 0.3 is 0 Å². The zero-order chi connectivity index (χ0) is 26.1. The summed E-state index contributed by atoms with van der Waals surface area (Å²) in [6.07, 6.45) is 1.38. The Hall–Kier alpha value is -4.25. The highest BCUT2D eigenvalue weighted by Gasteiger charge is 2.27. The number of hydrogen-bond acceptors (Lipinski definition) is 8. The maximum atomic E-state index is 13.4. The van der Waals surface area contributed by atoms with Crippen LogP contribution >= 0.6 is 0 Å². The molecule has 0 atom stereocenters. The molecule has 3 aromatic carbocycles. The fourth-order valence-corrected chi connectivity index (χ4v) is 4.75. The first-order chi connectivity index (χ1) is 17.3. The summed E-state index contributed by atoms with van der Waals surface area (Å²) in [5.74, 6) is 1.17. The number of ether oxygens (including phenoxy) is 4. The third-order valence-corrected chi connectivity index (χ3v) is 6.86. The molecular formula is C25H27N3O7S. The first-order valence-corrected chi connectivity index (χ1v) is 12.1. The number of carbonyl (C=O) groups excluding carboxylic acids is 1. The summed E-state index contributed by atoms with van der Waals surface area (Å²) in [5.41, 5.74) is 3.23. The van der Waals surface area contributed by atoms with E-state index in [-0.39, 0.29) is 4.90 Å². The Labute approximate surface area is 210 Å². The van der Waals surface area contributed by atoms with Gasteiger partial charge in [0, 0.05) is 5.56 Å². The van der Waals surface area contributed by atoms with Gasteiger partial charge in [0.2, 0.25) is 5.75 Å². The van der Waals surface area contributed by atoms with E-state index in [4.69, 9.17) is 18.9 Å². The van der Waals surface area contributed by atoms with E-state index in [1.165, 1.54) is 46.8 Å². The smallest absolute Gasteiger partial charge is 0.264 e. The summed E-state index contributed by atoms with van der Waals surface area (Å²) in [4.78, 5) is 12.8. The minimum absolute atomic E-state index is 0.0505. The molecule has 190 valence electrons. The molecule has 0 spiro atoms. The minimum atomic E-state index is -4.04. The molecule has 0 aliphatic rings. The van der Waals surface area contributed by atoms with Gasteiger partial charge in [0.1, 0.15) is 12.3 Å². The third kappa shape index (κ3) is 6.05. The molecule has 1 N–H and O–H groups in total. The molecule has 0 aliphatic carbocycles. The number of nitrogens with one attached hydrogen (secondary N) is 1. The van der Waals surface area contributed by atoms with Crippen LogP contribution in [0.2, 0.25) is 0 Å². The molecule has 1 amide bonds. The lowest BCUT2D eigenvalue weighted by molar-refractivity contribution is -0.119. The molecule has 0 unspecified atom stereocenters. The van der Waals surface area contributed by atoms with Crippen LogP contribution < -0.4 is 28.7 Å². The van der Waals surface area contributed by atoms with Crippen molar-refractivity contribution in [3.63, 3.8) is 0 Å². The highest BCUT2D eigenvalue weighted by Crippen LogP contribution is 2.37. The van der Waals surface area contributed by atoms with Crippen molar-refractivity contribution in [1.29, 1.82) is 0 Å². The average Bonchev–Trinajstić information content (AvgIpc) is 2.91. The number of carbonyl (C=O) groups is 1. The summed E-state index contributed by atoms with van der Waals surface area (Å²) in [6.45, 7) is -0.504. The van der Waals surface area contributed by atoms with Gasteiger partial charge in [0.15, 0.2) is 11.5 Å². The predicted octanol–water partition coefficient (Wildman–Crippen LogP) is 3.07. The van der Waals surface area contributed by atoms with E-state index in [0.29, 0.717) is 34.2 Å². The number of nitrogens with zero attached hydrogens (tertiary/aromatic N) is 2. The number of hydrogen-bond donors (Lipinski definition) is 1. The second-order valence-corrected chi connectivity index (χ2v) is 9.14. The summed E-state index contributed by atoms with van der Waals surface area (Å²) in [6, 6.07) is 17.5. The predicted molar refractivity (Wildman–Crippen MR) is 136 cm³/mol. The molecular weight excluding hydrogens is 486 g/mol. The molecule has 3 aromatic rings. The van der Waals surface area contributed by atoms with Gasteiger partial charge in [-0.1, -0.05) is 18.2 Å². The zero-order valence-corrected chi connectivity index (χ0v) is 21.1. The normalized spacial score (nSPS) is 11.1. The van der Waals surface area contributed by atoms with Crippen LogP contribution in [0.25, 0.3) is 0 Å². The Kier molecular flexibility index (Phi) is 8.74. The molecule has 36 heavy (non-hydrogen) atoms. The molecule has 0 fully saturated rings. The topological polar surface area (TPSA) is 116 Å². The fraction of sp³-hybridized carbons (Fsp3) is 0.200. The third-order valence-electron chi connectivity index (χ3n) is 5.07. The van der Waals surface area contributed by atoms with Gasteiger partial charge < -0.3 is 18.9 Å². The second-order valence-electron chi connectivity index (χ2n) is 7.27. The van der Waals surface area contributed by atoms with Crippen LogP contribution in [0.15, 0.2) is 76.7 Å². The van der Waals surface area contributed by atoms with Gasteiger partial charge in [-0.05, 0) is 48.5 Å². The Morgan fingerprint density at radius 1 is 0.889 bits per heavy atom. The highest BCUT2D eigenvalue weighted by molar-refractivity contribution is 7.92. The zero-order valence-electron chi connectivity index (χ0n) is 20.3. The SMILES string of the molecule is COc1ccc(N(CC(=O)N/N=C\c2cc(OC)c(OC)c(OC)c2)S(=O)(=O)c2ccccc2)cc1. The molecule has 11 heteroatoms. The lowest BCUT2D eigenvalue weighted by Gasteiger charge is -2.23. The molecule has 0 saturated carbocycles. The Balaban J connectivity index is 1.83. The van der Waals surface area contributed by atoms with Crippen molar-refractivity contribution in [3.05, 3.63) is 72.3 Å². The van der Waals surface area contributed by atoms with Crippen LogP contribution in [-0.2, 0) is 14.8 Å². The molecule has 0 radical (unpaired) electrons. The van der Waals surface area contributed by atoms with E-state index in [2.05, 4.69) is 10.5 Å². The van der Waals surface area contributed by atoms with E-state index in [1.807, 2.05) is 0 Å². The van der Waals surface area contributed by atoms with E-state index in [9.17, 15) is 13.2 Å². The summed E-state index contributed by atoms with van der Waals surface area (Å²) >= 11 is 0. The van der Waals surface area contributed by atoms with Crippen molar-refractivity contribution >= 4 is 27.8 Å². The van der Waals surface area contributed by atoms with E-state index in [0.717, 1.165) is 4.31 Å². The molecule has 0 bridgehead atoms. The first-order valence-electron chi connectivity index (χ1n) is 10.7. The van der Waals surface area contributed by atoms with Crippen LogP contribution in [0.4, 0.5) is 5.69 Å². The van der Waals surface area contributed by atoms with Gasteiger partial charge in [-0.25, -0.2) is 13.8 Å². The van der Waals surface area contributed by atoms with Crippen LogP contribution in [0.3, 0.4) is 0 Å². The van der Waals surface area contributed by atoms with Crippen LogP contribution in [0.1, 0.15) is 5.56 Å². The number of hydrazone groups is 1. The fourth-order valence-electron chi connectivity index (χ4n) is 3.30. The van der Waals surface area contributed by atoms with Gasteiger partial charge in [-0.3, -0.25) is 9.10 Å². The van der Waals surface area contributed by atoms with Gasteiger partial charge in [0.25, 0.3) is 15.9 Å². The molecule has 0 aromatic heterocycles. The molecule has 10 nitrogen and oxygen atoms in total. The number of benzene rings is 3. The molecule has 0 heterocycles. The van der Waals surface area contributed by atoms with Crippen molar-refractivity contribution in [2.75, 3.05) is 39.3 Å². The second kappa shape index (κ2) is 11.9. The number of rotatable bonds is 11. The van der Waals surface area contributed by atoms with Gasteiger partial charge in [0.05, 0.1) is 45.2 Å². The maximum Gasteiger partial charge on any atom is 0.264 e. The molecule has 3 rings (SSSR count). The van der Waals surface area contributed by atoms with Crippen molar-refractivity contribution in [2.24, 2.45) is 5.10 Å². The van der Waals surface area contributed by atoms with Crippen molar-refractivity contribution < 1.29 is 32.2 Å². The van der Waals surface area contributed by atoms with Gasteiger partial charge in [-0.2, -0.15) is 5.10 Å². The number of anilines is 1. The number of amides is 1. The average molecular weight is 514 g/mol. The quantitative estimate of drug-likeness (QED) is 0.309. The molecule has 0 aliphatic heterocycles. The van der Waals surface area contributed by atoms with Gasteiger partial charge in [-0.15, -0.1) is 0 Å². The summed E-state index contributed by atoms with van der Waals surface area (Å²) in [5, 5.41) is 3.96. The minimum Gasteiger partial charge on any atom is -0.497 e. The number of methoxy groups -OCH3 is 4. The maximum absolute atomic E-state index is 13.4. The van der Waals surface area contributed by atoms with E-state index < -0.39 is 22.5 Å². The lowest BCUT2D eigenvalue weighted by Crippen LogP contribution is -2.39. The Morgan fingerprint density at radius 2 is 1.50 bits per heavy atom. The Morgan fingerprint density at radius 3 is 2.03 bits per heavy atom. The number of sulfonamides is 1. The Bertz CT molecular complexity index is 1290. The van der Waals surface area contributed by atoms with E-state index in [1.54, 1.807) is 54.6 Å². The lowest BCUT2D eigenvalue weighted by atomic mass is 10.2. The first kappa shape index (κ1) is 26.4. The van der Waals surface area contributed by atoms with Crippen molar-refractivity contribution in [2.45, 2.75) is 4.90 Å². The monoisotopic (exact) mass is 513 g/mol. The highest BCUT2D eigenvalue weighted by atomic mass is 32.2. The van der Waals surface area contributed by atoms with Crippen molar-refractivity contribution in [1.82, 2.24) is 5.43 Å². The molecule has 0 saturated heterocycles. The van der Waals surface area contributed by atoms with Crippen molar-refractivity contribution in [3.8, 4) is 23.0 Å². The summed E-state index contributed by atoms with van der Waals surface area (Å²) in [7, 11) is 1.93. The standard InChI is InChI=1S/C25H27N3O7S/c1-32-20-12-10-19(11-13-20)28(36(30,31)21-8-6-5-7-9-21)17-24(29)27-26-16-18-14-22(33-2)25(35-4)23(15-18)34-3/h5-16H,17H2,1-4H3,(H,27,29)/b26-16-. The van der Waals surface area contributed by atoms with Crippen LogP contribution in [-0.4, -0.2) is 55.5 Å². The van der Waals surface area contributed by atoms with Crippen LogP contribution in [0, 0.1) is 0 Å². The largest absolute Gasteiger partial charge is 0.497 e. The van der Waals surface area contributed by atoms with E-state index >= 15 is 0 Å².